The number of halogens is 1. The van der Waals surface area contributed by atoms with E-state index in [-0.39, 0.29) is 5.82 Å². The Morgan fingerprint density at radius 2 is 1.67 bits per heavy atom. The van der Waals surface area contributed by atoms with E-state index in [1.54, 1.807) is 38.0 Å². The molecule has 10 nitrogen and oxygen atoms in total. The number of hydrogen-bond acceptors (Lipinski definition) is 10. The van der Waals surface area contributed by atoms with Crippen molar-refractivity contribution in [2.45, 2.75) is 6.42 Å². The number of benzene rings is 1. The number of rotatable bonds is 10. The van der Waals surface area contributed by atoms with Gasteiger partial charge in [0.05, 0.1) is 27.5 Å². The lowest BCUT2D eigenvalue weighted by atomic mass is 10.2. The van der Waals surface area contributed by atoms with Gasteiger partial charge in [0.1, 0.15) is 28.7 Å². The first-order chi connectivity index (χ1) is 17.6. The lowest BCUT2D eigenvalue weighted by molar-refractivity contribution is 0.391. The molecule has 2 N–H and O–H groups in total. The molecule has 0 bridgehead atoms. The summed E-state index contributed by atoms with van der Waals surface area (Å²) in [5.41, 5.74) is 1.98. The predicted molar refractivity (Wildman–Crippen MR) is 136 cm³/mol. The number of aliphatic hydroxyl groups is 1. The van der Waals surface area contributed by atoms with Gasteiger partial charge in [0.2, 0.25) is 11.8 Å². The van der Waals surface area contributed by atoms with Crippen LogP contribution in [0.4, 0.5) is 10.3 Å². The Kier molecular flexibility index (Phi) is 9.83. The van der Waals surface area contributed by atoms with Crippen molar-refractivity contribution in [3.8, 4) is 34.6 Å². The largest absolute Gasteiger partial charge is 0.494 e. The lowest BCUT2D eigenvalue weighted by Gasteiger charge is -2.17. The van der Waals surface area contributed by atoms with Crippen LogP contribution in [-0.4, -0.2) is 64.0 Å². The second-order valence-electron chi connectivity index (χ2n) is 6.93. The Morgan fingerprint density at radius 3 is 2.31 bits per heavy atom. The average Bonchev–Trinajstić information content (AvgIpc) is 3.36. The van der Waals surface area contributed by atoms with Crippen molar-refractivity contribution in [3.05, 3.63) is 66.2 Å². The molecule has 3 heterocycles. The summed E-state index contributed by atoms with van der Waals surface area (Å²) in [5, 5.41) is 15.7. The first kappa shape index (κ1) is 26.7. The molecular weight excluding hydrogens is 487 g/mol. The van der Waals surface area contributed by atoms with Gasteiger partial charge in [0.25, 0.3) is 0 Å². The normalized spacial score (nSPS) is 10.3. The van der Waals surface area contributed by atoms with E-state index in [1.165, 1.54) is 24.2 Å². The van der Waals surface area contributed by atoms with Crippen LogP contribution in [0.2, 0.25) is 0 Å². The third-order valence-electron chi connectivity index (χ3n) is 4.86. The molecule has 190 valence electrons. The maximum atomic E-state index is 13.1. The Balaban J connectivity index is 0.00000176. The van der Waals surface area contributed by atoms with Gasteiger partial charge in [-0.2, -0.15) is 0 Å². The second kappa shape index (κ2) is 13.3. The maximum Gasteiger partial charge on any atom is 0.239 e. The summed E-state index contributed by atoms with van der Waals surface area (Å²) in [6.45, 7) is 0. The number of anilines is 1. The average molecular weight is 515 g/mol. The standard InChI is InChI=1S/C23H23FN6O3S.CH4O/c1-31-18-7-5-8-19(32-2)21(18)30-22(17-6-4-9-20(26-17)33-3)27-28-23(30)29-34-13-12-16-11-10-15(24)14-25-16;1-2/h4-11,14H,12-13H2,1-3H3,(H,28,29);2H,1H3. The molecule has 0 fully saturated rings. The van der Waals surface area contributed by atoms with E-state index >= 15 is 0 Å². The highest BCUT2D eigenvalue weighted by atomic mass is 32.2. The molecule has 0 amide bonds. The third-order valence-corrected chi connectivity index (χ3v) is 5.60. The monoisotopic (exact) mass is 514 g/mol. The Morgan fingerprint density at radius 1 is 0.944 bits per heavy atom. The number of aliphatic hydroxyl groups excluding tert-OH is 1. The number of pyridine rings is 2. The predicted octanol–water partition coefficient (Wildman–Crippen LogP) is 3.80. The highest BCUT2D eigenvalue weighted by Crippen LogP contribution is 2.37. The van der Waals surface area contributed by atoms with E-state index in [2.05, 4.69) is 24.9 Å². The number of ether oxygens (including phenoxy) is 3. The number of aromatic nitrogens is 5. The van der Waals surface area contributed by atoms with Crippen molar-refractivity contribution in [2.24, 2.45) is 0 Å². The minimum atomic E-state index is -0.355. The summed E-state index contributed by atoms with van der Waals surface area (Å²) in [5.74, 6) is 2.85. The van der Waals surface area contributed by atoms with E-state index in [4.69, 9.17) is 19.3 Å². The van der Waals surface area contributed by atoms with Crippen molar-refractivity contribution in [1.29, 1.82) is 0 Å². The van der Waals surface area contributed by atoms with Gasteiger partial charge < -0.3 is 19.3 Å². The van der Waals surface area contributed by atoms with Gasteiger partial charge in [0.15, 0.2) is 5.82 Å². The van der Waals surface area contributed by atoms with Crippen molar-refractivity contribution < 1.29 is 23.7 Å². The van der Waals surface area contributed by atoms with Crippen molar-refractivity contribution in [3.63, 3.8) is 0 Å². The molecular formula is C24H27FN6O4S. The van der Waals surface area contributed by atoms with Crippen molar-refractivity contribution >= 4 is 17.9 Å². The molecule has 0 saturated heterocycles. The van der Waals surface area contributed by atoms with Gasteiger partial charge >= 0.3 is 0 Å². The molecule has 0 aliphatic rings. The van der Waals surface area contributed by atoms with Gasteiger partial charge in [0, 0.05) is 31.0 Å². The maximum absolute atomic E-state index is 13.1. The SMILES string of the molecule is CO.COc1cccc(-c2nnc(NSCCc3ccc(F)cn3)n2-c2c(OC)cccc2OC)n1. The molecule has 0 spiro atoms. The molecule has 0 atom stereocenters. The lowest BCUT2D eigenvalue weighted by Crippen LogP contribution is -2.07. The van der Waals surface area contributed by atoms with Gasteiger partial charge in [-0.05, 0) is 42.3 Å². The number of hydrogen-bond donors (Lipinski definition) is 2. The first-order valence-corrected chi connectivity index (χ1v) is 11.7. The second-order valence-corrected chi connectivity index (χ2v) is 7.83. The van der Waals surface area contributed by atoms with Gasteiger partial charge in [-0.15, -0.1) is 10.2 Å². The summed E-state index contributed by atoms with van der Waals surface area (Å²) < 4.78 is 34.6. The van der Waals surface area contributed by atoms with Crippen molar-refractivity contribution in [1.82, 2.24) is 24.7 Å². The van der Waals surface area contributed by atoms with Crippen LogP contribution in [0.25, 0.3) is 17.2 Å². The fourth-order valence-corrected chi connectivity index (χ4v) is 3.93. The molecule has 0 unspecified atom stereocenters. The summed E-state index contributed by atoms with van der Waals surface area (Å²) in [7, 11) is 5.73. The molecule has 12 heteroatoms. The Bertz CT molecular complexity index is 1230. The molecule has 0 aliphatic carbocycles. The van der Waals surface area contributed by atoms with Crippen LogP contribution in [0.15, 0.2) is 54.7 Å². The number of para-hydroxylation sites is 1. The highest BCUT2D eigenvalue weighted by molar-refractivity contribution is 8.00. The first-order valence-electron chi connectivity index (χ1n) is 10.8. The van der Waals surface area contributed by atoms with Crippen LogP contribution in [0.3, 0.4) is 0 Å². The molecule has 0 saturated carbocycles. The van der Waals surface area contributed by atoms with Crippen LogP contribution in [-0.2, 0) is 6.42 Å². The van der Waals surface area contributed by atoms with Crippen molar-refractivity contribution in [2.75, 3.05) is 38.9 Å². The molecule has 0 radical (unpaired) electrons. The van der Waals surface area contributed by atoms with Crippen LogP contribution >= 0.6 is 11.9 Å². The topological polar surface area (TPSA) is 116 Å². The van der Waals surface area contributed by atoms with Crippen LogP contribution in [0.1, 0.15) is 5.69 Å². The summed E-state index contributed by atoms with van der Waals surface area (Å²) in [4.78, 5) is 8.61. The van der Waals surface area contributed by atoms with Crippen LogP contribution < -0.4 is 18.9 Å². The number of nitrogens with zero attached hydrogens (tertiary/aromatic N) is 5. The van der Waals surface area contributed by atoms with Gasteiger partial charge in [-0.25, -0.2) is 9.37 Å². The highest BCUT2D eigenvalue weighted by Gasteiger charge is 2.23. The molecule has 3 aromatic heterocycles. The molecule has 36 heavy (non-hydrogen) atoms. The zero-order valence-corrected chi connectivity index (χ0v) is 21.1. The number of nitrogens with one attached hydrogen (secondary N) is 1. The summed E-state index contributed by atoms with van der Waals surface area (Å²) in [6.07, 6.45) is 1.86. The van der Waals surface area contributed by atoms with E-state index < -0.39 is 0 Å². The van der Waals surface area contributed by atoms with E-state index in [0.29, 0.717) is 52.7 Å². The molecule has 4 rings (SSSR count). The number of methoxy groups -OCH3 is 3. The minimum Gasteiger partial charge on any atom is -0.494 e. The zero-order valence-electron chi connectivity index (χ0n) is 20.3. The van der Waals surface area contributed by atoms with E-state index in [0.717, 1.165) is 12.8 Å². The quantitative estimate of drug-likeness (QED) is 0.239. The van der Waals surface area contributed by atoms with Gasteiger partial charge in [-0.1, -0.05) is 12.1 Å². The smallest absolute Gasteiger partial charge is 0.239 e. The molecule has 0 aliphatic heterocycles. The van der Waals surface area contributed by atoms with Gasteiger partial charge in [-0.3, -0.25) is 14.3 Å². The zero-order chi connectivity index (χ0) is 25.9. The molecule has 1 aromatic carbocycles. The van der Waals surface area contributed by atoms with Crippen LogP contribution in [0.5, 0.6) is 17.4 Å². The minimum absolute atomic E-state index is 0.355. The van der Waals surface area contributed by atoms with E-state index in [9.17, 15) is 4.39 Å². The third kappa shape index (κ3) is 6.20. The molecule has 4 aromatic rings. The van der Waals surface area contributed by atoms with Crippen LogP contribution in [0, 0.1) is 5.82 Å². The van der Waals surface area contributed by atoms with E-state index in [1.807, 2.05) is 30.3 Å². The fraction of sp³-hybridized carbons (Fsp3) is 0.250. The number of aryl methyl sites for hydroxylation is 1. The Labute approximate surface area is 212 Å². The Hall–Kier alpha value is -3.90. The fourth-order valence-electron chi connectivity index (χ4n) is 3.26. The summed E-state index contributed by atoms with van der Waals surface area (Å²) in [6, 6.07) is 14.0. The summed E-state index contributed by atoms with van der Waals surface area (Å²) >= 11 is 1.42.